The number of hydrogen-bond donors (Lipinski definition) is 1. The molecule has 0 spiro atoms. The molecule has 2 aromatic carbocycles. The number of nitrogens with zero attached hydrogens (tertiary/aromatic N) is 3. The summed E-state index contributed by atoms with van der Waals surface area (Å²) in [5, 5.41) is 13.5. The Kier molecular flexibility index (Phi) is 6.45. The number of hydrogen-bond acceptors (Lipinski definition) is 7. The maximum atomic E-state index is 13.6. The van der Waals surface area contributed by atoms with Gasteiger partial charge in [-0.1, -0.05) is 36.4 Å². The molecule has 1 aliphatic rings. The van der Waals surface area contributed by atoms with Crippen LogP contribution in [0.2, 0.25) is 0 Å². The van der Waals surface area contributed by atoms with Crippen LogP contribution in [0.5, 0.6) is 0 Å². The van der Waals surface area contributed by atoms with Gasteiger partial charge in [-0.05, 0) is 43.2 Å². The van der Waals surface area contributed by atoms with Gasteiger partial charge in [0.05, 0.1) is 29.1 Å². The van der Waals surface area contributed by atoms with E-state index in [2.05, 4.69) is 11.4 Å². The number of nitriles is 1. The topological polar surface area (TPSA) is 122 Å². The molecular formula is C26H22N4O5S2. The third kappa shape index (κ3) is 4.34. The number of anilines is 1. The van der Waals surface area contributed by atoms with Crippen molar-refractivity contribution >= 4 is 49.3 Å². The fraction of sp³-hybridized carbons (Fsp3) is 0.192. The molecular weight excluding hydrogens is 512 g/mol. The Bertz CT molecular complexity index is 1670. The first-order valence-electron chi connectivity index (χ1n) is 11.5. The molecule has 0 saturated heterocycles. The van der Waals surface area contributed by atoms with Crippen molar-refractivity contribution in [3.8, 4) is 6.07 Å². The summed E-state index contributed by atoms with van der Waals surface area (Å²) in [4.78, 5) is 28.1. The quantitative estimate of drug-likeness (QED) is 0.400. The second kappa shape index (κ2) is 9.72. The molecule has 1 N–H and O–H groups in total. The van der Waals surface area contributed by atoms with Gasteiger partial charge in [0, 0.05) is 16.8 Å². The molecule has 0 atom stereocenters. The summed E-state index contributed by atoms with van der Waals surface area (Å²) in [6.45, 7) is 2.66. The van der Waals surface area contributed by atoms with Crippen molar-refractivity contribution in [2.75, 3.05) is 18.5 Å². The minimum Gasteiger partial charge on any atom is -0.450 e. The Morgan fingerprint density at radius 2 is 1.86 bits per heavy atom. The van der Waals surface area contributed by atoms with Crippen molar-refractivity contribution in [2.45, 2.75) is 24.8 Å². The zero-order valence-electron chi connectivity index (χ0n) is 19.8. The van der Waals surface area contributed by atoms with E-state index in [9.17, 15) is 23.3 Å². The van der Waals surface area contributed by atoms with Crippen LogP contribution < -0.4 is 5.32 Å². The molecule has 37 heavy (non-hydrogen) atoms. The fourth-order valence-electron chi connectivity index (χ4n) is 4.39. The van der Waals surface area contributed by atoms with E-state index in [1.807, 2.05) is 0 Å². The number of carbonyl (C=O) groups is 2. The molecule has 1 aliphatic heterocycles. The van der Waals surface area contributed by atoms with Crippen molar-refractivity contribution in [3.05, 3.63) is 82.4 Å². The zero-order valence-corrected chi connectivity index (χ0v) is 21.4. The first-order valence-corrected chi connectivity index (χ1v) is 13.8. The predicted molar refractivity (Wildman–Crippen MR) is 139 cm³/mol. The minimum absolute atomic E-state index is 0.0498. The Morgan fingerprint density at radius 3 is 2.59 bits per heavy atom. The molecule has 0 fully saturated rings. The molecule has 4 aromatic rings. The van der Waals surface area contributed by atoms with Gasteiger partial charge in [-0.15, -0.1) is 11.3 Å². The lowest BCUT2D eigenvalue weighted by atomic mass is 10.0. The number of nitrogens with one attached hydrogen (secondary N) is 1. The molecule has 0 radical (unpaired) electrons. The van der Waals surface area contributed by atoms with Crippen molar-refractivity contribution in [1.29, 1.82) is 5.26 Å². The first kappa shape index (κ1) is 24.5. The minimum atomic E-state index is -4.09. The number of thiophene rings is 1. The van der Waals surface area contributed by atoms with Crippen molar-refractivity contribution in [1.82, 2.24) is 8.87 Å². The van der Waals surface area contributed by atoms with E-state index in [1.54, 1.807) is 54.3 Å². The number of aromatic nitrogens is 1. The predicted octanol–water partition coefficient (Wildman–Crippen LogP) is 4.58. The van der Waals surface area contributed by atoms with Gasteiger partial charge in [0.15, 0.2) is 0 Å². The van der Waals surface area contributed by atoms with E-state index in [0.29, 0.717) is 34.4 Å². The highest BCUT2D eigenvalue weighted by Crippen LogP contribution is 2.37. The third-order valence-corrected chi connectivity index (χ3v) is 8.98. The summed E-state index contributed by atoms with van der Waals surface area (Å²) in [6.07, 6.45) is 0.0211. The number of fused-ring (bicyclic) bond motifs is 2. The van der Waals surface area contributed by atoms with Crippen molar-refractivity contribution < 1.29 is 22.7 Å². The maximum absolute atomic E-state index is 13.6. The normalized spacial score (nSPS) is 13.1. The van der Waals surface area contributed by atoms with Crippen LogP contribution in [0.15, 0.2) is 65.6 Å². The first-order chi connectivity index (χ1) is 17.8. The fourth-order valence-corrected chi connectivity index (χ4v) is 7.13. The van der Waals surface area contributed by atoms with Crippen molar-refractivity contribution in [2.24, 2.45) is 0 Å². The number of carbonyl (C=O) groups excluding carboxylic acids is 2. The Morgan fingerprint density at radius 1 is 1.14 bits per heavy atom. The summed E-state index contributed by atoms with van der Waals surface area (Å²) in [5.74, 6) is -0.659. The third-order valence-electron chi connectivity index (χ3n) is 6.10. The molecule has 188 valence electrons. The Hall–Kier alpha value is -4.14. The Labute approximate surface area is 217 Å². The smallest absolute Gasteiger partial charge is 0.410 e. The zero-order chi connectivity index (χ0) is 26.2. The number of rotatable bonds is 5. The summed E-state index contributed by atoms with van der Waals surface area (Å²) >= 11 is 1.20. The molecule has 0 unspecified atom stereocenters. The lowest BCUT2D eigenvalue weighted by molar-refractivity contribution is 0.101. The van der Waals surface area contributed by atoms with Crippen LogP contribution in [0.1, 0.15) is 33.4 Å². The molecule has 3 heterocycles. The lowest BCUT2D eigenvalue weighted by Gasteiger charge is -2.25. The lowest BCUT2D eigenvalue weighted by Crippen LogP contribution is -2.35. The van der Waals surface area contributed by atoms with E-state index >= 15 is 0 Å². The van der Waals surface area contributed by atoms with Crippen LogP contribution in [0, 0.1) is 11.3 Å². The van der Waals surface area contributed by atoms with Gasteiger partial charge < -0.3 is 15.0 Å². The van der Waals surface area contributed by atoms with Crippen LogP contribution in [-0.4, -0.2) is 42.4 Å². The Balaban J connectivity index is 1.53. The summed E-state index contributed by atoms with van der Waals surface area (Å²) < 4.78 is 33.3. The maximum Gasteiger partial charge on any atom is 0.410 e. The second-order valence-corrected chi connectivity index (χ2v) is 11.2. The van der Waals surface area contributed by atoms with Crippen LogP contribution in [0.25, 0.3) is 10.9 Å². The molecule has 0 bridgehead atoms. The second-order valence-electron chi connectivity index (χ2n) is 8.32. The largest absolute Gasteiger partial charge is 0.450 e. The molecule has 9 nitrogen and oxygen atoms in total. The molecule has 2 amide bonds. The van der Waals surface area contributed by atoms with Crippen LogP contribution in [0.3, 0.4) is 0 Å². The average Bonchev–Trinajstić information content (AvgIpc) is 3.47. The van der Waals surface area contributed by atoms with Gasteiger partial charge in [0.1, 0.15) is 16.8 Å². The monoisotopic (exact) mass is 534 g/mol. The molecule has 2 aromatic heterocycles. The van der Waals surface area contributed by atoms with E-state index in [4.69, 9.17) is 4.74 Å². The highest BCUT2D eigenvalue weighted by atomic mass is 32.2. The summed E-state index contributed by atoms with van der Waals surface area (Å²) in [7, 11) is -4.09. The number of amides is 2. The van der Waals surface area contributed by atoms with E-state index in [1.165, 1.54) is 29.5 Å². The van der Waals surface area contributed by atoms with Crippen LogP contribution in [-0.2, 0) is 27.7 Å². The SMILES string of the molecule is CCOC(=O)N1CCc2c(sc(NC(=O)c3cc4ccccc4n3S(=O)(=O)c3ccccc3)c2C#N)C1. The molecule has 0 saturated carbocycles. The summed E-state index contributed by atoms with van der Waals surface area (Å²) in [6, 6.07) is 18.4. The van der Waals surface area contributed by atoms with Crippen molar-refractivity contribution in [3.63, 3.8) is 0 Å². The summed E-state index contributed by atoms with van der Waals surface area (Å²) in [5.41, 5.74) is 1.40. The highest BCUT2D eigenvalue weighted by molar-refractivity contribution is 7.90. The standard InChI is InChI=1S/C26H22N4O5S2/c1-2-35-26(32)29-13-12-19-20(15-27)25(36-23(19)16-29)28-24(31)22-14-17-8-6-7-11-21(17)30(22)37(33,34)18-9-4-3-5-10-18/h3-11,14H,2,12-13,16H2,1H3,(H,28,31). The average molecular weight is 535 g/mol. The number of ether oxygens (including phenoxy) is 1. The van der Waals surface area contributed by atoms with Crippen LogP contribution >= 0.6 is 11.3 Å². The molecule has 0 aliphatic carbocycles. The van der Waals surface area contributed by atoms with Gasteiger partial charge in [0.2, 0.25) is 0 Å². The van der Waals surface area contributed by atoms with Gasteiger partial charge in [-0.25, -0.2) is 17.2 Å². The van der Waals surface area contributed by atoms with Gasteiger partial charge in [0.25, 0.3) is 15.9 Å². The molecule has 11 heteroatoms. The van der Waals surface area contributed by atoms with E-state index < -0.39 is 22.0 Å². The highest BCUT2D eigenvalue weighted by Gasteiger charge is 2.30. The van der Waals surface area contributed by atoms with Gasteiger partial charge in [-0.2, -0.15) is 5.26 Å². The van der Waals surface area contributed by atoms with Crippen LogP contribution in [0.4, 0.5) is 9.80 Å². The molecule has 5 rings (SSSR count). The number of benzene rings is 2. The number of para-hydroxylation sites is 1. The van der Waals surface area contributed by atoms with Gasteiger partial charge in [-0.3, -0.25) is 4.79 Å². The van der Waals surface area contributed by atoms with E-state index in [-0.39, 0.29) is 23.7 Å². The van der Waals surface area contributed by atoms with Gasteiger partial charge >= 0.3 is 6.09 Å². The van der Waals surface area contributed by atoms with E-state index in [0.717, 1.165) is 14.4 Å².